The van der Waals surface area contributed by atoms with Gasteiger partial charge < -0.3 is 11.5 Å². The van der Waals surface area contributed by atoms with E-state index in [1.165, 1.54) is 0 Å². The van der Waals surface area contributed by atoms with Gasteiger partial charge in [0.25, 0.3) is 0 Å². The predicted octanol–water partition coefficient (Wildman–Crippen LogP) is 1.45. The zero-order valence-corrected chi connectivity index (χ0v) is 10.2. The third-order valence-corrected chi connectivity index (χ3v) is 2.83. The number of nitrogens with two attached hydrogens (primary N) is 2. The fourth-order valence-electron chi connectivity index (χ4n) is 1.89. The van der Waals surface area contributed by atoms with E-state index in [-0.39, 0.29) is 6.04 Å². The Kier molecular flexibility index (Phi) is 3.26. The van der Waals surface area contributed by atoms with Crippen molar-refractivity contribution in [1.29, 1.82) is 0 Å². The van der Waals surface area contributed by atoms with E-state index in [1.54, 1.807) is 0 Å². The van der Waals surface area contributed by atoms with Crippen LogP contribution in [0.4, 0.5) is 0 Å². The average Bonchev–Trinajstić information content (AvgIpc) is 2.68. The van der Waals surface area contributed by atoms with Gasteiger partial charge in [-0.2, -0.15) is 5.10 Å². The molecule has 0 bridgehead atoms. The maximum absolute atomic E-state index is 5.87. The van der Waals surface area contributed by atoms with Crippen LogP contribution in [0.3, 0.4) is 0 Å². The van der Waals surface area contributed by atoms with Crippen molar-refractivity contribution >= 4 is 0 Å². The van der Waals surface area contributed by atoms with Crippen molar-refractivity contribution in [3.05, 3.63) is 47.3 Å². The SMILES string of the molecule is Cc1cc(C)n(-c2ccc(C(N)CN)cc2)n1. The second-order valence-electron chi connectivity index (χ2n) is 4.27. The number of benzene rings is 1. The first kappa shape index (κ1) is 11.8. The fraction of sp³-hybridized carbons (Fsp3) is 0.308. The lowest BCUT2D eigenvalue weighted by molar-refractivity contribution is 0.735. The average molecular weight is 230 g/mol. The van der Waals surface area contributed by atoms with Crippen LogP contribution in [-0.4, -0.2) is 16.3 Å². The number of rotatable bonds is 3. The minimum Gasteiger partial charge on any atom is -0.329 e. The smallest absolute Gasteiger partial charge is 0.0648 e. The molecule has 0 aliphatic rings. The minimum absolute atomic E-state index is 0.0931. The van der Waals surface area contributed by atoms with E-state index in [0.29, 0.717) is 6.54 Å². The van der Waals surface area contributed by atoms with E-state index in [1.807, 2.05) is 42.8 Å². The van der Waals surface area contributed by atoms with Gasteiger partial charge in [-0.3, -0.25) is 0 Å². The largest absolute Gasteiger partial charge is 0.329 e. The van der Waals surface area contributed by atoms with Crippen molar-refractivity contribution < 1.29 is 0 Å². The van der Waals surface area contributed by atoms with Gasteiger partial charge in [0.1, 0.15) is 0 Å². The van der Waals surface area contributed by atoms with Crippen LogP contribution in [-0.2, 0) is 0 Å². The van der Waals surface area contributed by atoms with E-state index in [9.17, 15) is 0 Å². The molecule has 0 aliphatic heterocycles. The van der Waals surface area contributed by atoms with Crippen LogP contribution in [0, 0.1) is 13.8 Å². The Labute approximate surface area is 101 Å². The molecule has 0 aliphatic carbocycles. The van der Waals surface area contributed by atoms with E-state index in [2.05, 4.69) is 11.2 Å². The third kappa shape index (κ3) is 2.38. The molecule has 2 aromatic rings. The molecule has 1 heterocycles. The van der Waals surface area contributed by atoms with Gasteiger partial charge in [0.05, 0.1) is 11.4 Å². The lowest BCUT2D eigenvalue weighted by Gasteiger charge is -2.10. The van der Waals surface area contributed by atoms with Crippen molar-refractivity contribution in [2.24, 2.45) is 11.5 Å². The molecule has 1 unspecified atom stereocenters. The minimum atomic E-state index is -0.0931. The monoisotopic (exact) mass is 230 g/mol. The highest BCUT2D eigenvalue weighted by Crippen LogP contribution is 2.15. The van der Waals surface area contributed by atoms with E-state index >= 15 is 0 Å². The summed E-state index contributed by atoms with van der Waals surface area (Å²) in [6.45, 7) is 4.49. The van der Waals surface area contributed by atoms with Crippen molar-refractivity contribution in [2.45, 2.75) is 19.9 Å². The number of hydrogen-bond acceptors (Lipinski definition) is 3. The first-order chi connectivity index (χ1) is 8.11. The molecule has 1 aromatic heterocycles. The van der Waals surface area contributed by atoms with Crippen LogP contribution >= 0.6 is 0 Å². The molecule has 1 aromatic carbocycles. The van der Waals surface area contributed by atoms with Crippen LogP contribution in [0.5, 0.6) is 0 Å². The standard InChI is InChI=1S/C13H18N4/c1-9-7-10(2)17(16-9)12-5-3-11(4-6-12)13(15)8-14/h3-7,13H,8,14-15H2,1-2H3. The fourth-order valence-corrected chi connectivity index (χ4v) is 1.89. The number of aryl methyl sites for hydroxylation is 2. The Bertz CT molecular complexity index is 499. The maximum Gasteiger partial charge on any atom is 0.0648 e. The molecule has 0 radical (unpaired) electrons. The molecule has 0 saturated carbocycles. The van der Waals surface area contributed by atoms with Gasteiger partial charge >= 0.3 is 0 Å². The molecule has 4 N–H and O–H groups in total. The van der Waals surface area contributed by atoms with E-state index in [0.717, 1.165) is 22.6 Å². The highest BCUT2D eigenvalue weighted by atomic mass is 15.3. The van der Waals surface area contributed by atoms with Crippen molar-refractivity contribution in [1.82, 2.24) is 9.78 Å². The van der Waals surface area contributed by atoms with Crippen LogP contribution in [0.1, 0.15) is 23.0 Å². The second kappa shape index (κ2) is 4.69. The highest BCUT2D eigenvalue weighted by molar-refractivity contribution is 5.36. The Hall–Kier alpha value is -1.65. The van der Waals surface area contributed by atoms with E-state index in [4.69, 9.17) is 11.5 Å². The van der Waals surface area contributed by atoms with Gasteiger partial charge in [0.2, 0.25) is 0 Å². The molecule has 1 atom stereocenters. The molecule has 4 heteroatoms. The highest BCUT2D eigenvalue weighted by Gasteiger charge is 2.06. The van der Waals surface area contributed by atoms with Crippen LogP contribution in [0.15, 0.2) is 30.3 Å². The van der Waals surface area contributed by atoms with Gasteiger partial charge in [-0.15, -0.1) is 0 Å². The summed E-state index contributed by atoms with van der Waals surface area (Å²) in [6.07, 6.45) is 0. The Balaban J connectivity index is 2.32. The van der Waals surface area contributed by atoms with Gasteiger partial charge in [-0.25, -0.2) is 4.68 Å². The number of aromatic nitrogens is 2. The summed E-state index contributed by atoms with van der Waals surface area (Å²) in [6, 6.07) is 10.0. The van der Waals surface area contributed by atoms with Crippen LogP contribution in [0.2, 0.25) is 0 Å². The third-order valence-electron chi connectivity index (χ3n) is 2.83. The Morgan fingerprint density at radius 1 is 1.24 bits per heavy atom. The Morgan fingerprint density at radius 3 is 2.35 bits per heavy atom. The van der Waals surface area contributed by atoms with Gasteiger partial charge in [-0.1, -0.05) is 12.1 Å². The lowest BCUT2D eigenvalue weighted by Crippen LogP contribution is -2.20. The molecule has 90 valence electrons. The molecule has 17 heavy (non-hydrogen) atoms. The van der Waals surface area contributed by atoms with Gasteiger partial charge in [0, 0.05) is 18.3 Å². The van der Waals surface area contributed by atoms with Gasteiger partial charge in [0.15, 0.2) is 0 Å². The van der Waals surface area contributed by atoms with Crippen LogP contribution < -0.4 is 11.5 Å². The molecular formula is C13H18N4. The quantitative estimate of drug-likeness (QED) is 0.838. The zero-order valence-electron chi connectivity index (χ0n) is 10.2. The topological polar surface area (TPSA) is 69.9 Å². The zero-order chi connectivity index (χ0) is 12.4. The normalized spacial score (nSPS) is 12.7. The summed E-state index contributed by atoms with van der Waals surface area (Å²) in [5, 5.41) is 4.44. The number of hydrogen-bond donors (Lipinski definition) is 2. The van der Waals surface area contributed by atoms with Crippen molar-refractivity contribution in [2.75, 3.05) is 6.54 Å². The van der Waals surface area contributed by atoms with Crippen molar-refractivity contribution in [3.8, 4) is 5.69 Å². The molecule has 4 nitrogen and oxygen atoms in total. The Morgan fingerprint density at radius 2 is 1.88 bits per heavy atom. The van der Waals surface area contributed by atoms with E-state index < -0.39 is 0 Å². The molecule has 0 amide bonds. The summed E-state index contributed by atoms with van der Waals surface area (Å²) >= 11 is 0. The maximum atomic E-state index is 5.87. The van der Waals surface area contributed by atoms with Crippen LogP contribution in [0.25, 0.3) is 5.69 Å². The molecule has 0 saturated heterocycles. The van der Waals surface area contributed by atoms with Crippen molar-refractivity contribution in [3.63, 3.8) is 0 Å². The second-order valence-corrected chi connectivity index (χ2v) is 4.27. The van der Waals surface area contributed by atoms with Gasteiger partial charge in [-0.05, 0) is 37.6 Å². The predicted molar refractivity (Wildman–Crippen MR) is 69.0 cm³/mol. The molecule has 0 spiro atoms. The lowest BCUT2D eigenvalue weighted by atomic mass is 10.1. The summed E-state index contributed by atoms with van der Waals surface area (Å²) in [7, 11) is 0. The first-order valence-electron chi connectivity index (χ1n) is 5.71. The summed E-state index contributed by atoms with van der Waals surface area (Å²) < 4.78 is 1.92. The molecular weight excluding hydrogens is 212 g/mol. The first-order valence-corrected chi connectivity index (χ1v) is 5.71. The summed E-state index contributed by atoms with van der Waals surface area (Å²) in [5.74, 6) is 0. The number of nitrogens with zero attached hydrogens (tertiary/aromatic N) is 2. The summed E-state index contributed by atoms with van der Waals surface area (Å²) in [4.78, 5) is 0. The molecule has 0 fully saturated rings. The molecule has 2 rings (SSSR count). The summed E-state index contributed by atoms with van der Waals surface area (Å²) in [5.41, 5.74) is 15.6.